The number of rotatable bonds is 5. The molecule has 0 atom stereocenters. The summed E-state index contributed by atoms with van der Waals surface area (Å²) in [5.74, 6) is 0. The molecular formula is C26H21NSi. The van der Waals surface area contributed by atoms with Crippen molar-refractivity contribution in [1.82, 2.24) is 0 Å². The molecule has 0 spiro atoms. The van der Waals surface area contributed by atoms with Crippen molar-refractivity contribution < 1.29 is 0 Å². The van der Waals surface area contributed by atoms with Gasteiger partial charge in [-0.3, -0.25) is 0 Å². The van der Waals surface area contributed by atoms with Gasteiger partial charge in [0.2, 0.25) is 0 Å². The molecule has 4 aromatic rings. The highest BCUT2D eigenvalue weighted by molar-refractivity contribution is 6.67. The molecule has 0 saturated carbocycles. The SMILES string of the molecule is N/C(=C/c1ccccc1)c1cccc(-c2ccc([Si]c3ccccc3)cc2)c1. The van der Waals surface area contributed by atoms with Gasteiger partial charge < -0.3 is 5.73 Å². The molecule has 4 rings (SSSR count). The molecule has 4 aromatic carbocycles. The van der Waals surface area contributed by atoms with Crippen LogP contribution in [0.25, 0.3) is 22.9 Å². The largest absolute Gasteiger partial charge is 0.398 e. The molecule has 0 amide bonds. The van der Waals surface area contributed by atoms with Crippen molar-refractivity contribution in [2.24, 2.45) is 5.73 Å². The van der Waals surface area contributed by atoms with Crippen LogP contribution in [0.1, 0.15) is 11.1 Å². The van der Waals surface area contributed by atoms with Crippen LogP contribution < -0.4 is 16.1 Å². The molecule has 2 heteroatoms. The smallest absolute Gasteiger partial charge is 0.121 e. The van der Waals surface area contributed by atoms with Gasteiger partial charge in [-0.25, -0.2) is 0 Å². The summed E-state index contributed by atoms with van der Waals surface area (Å²) in [6.07, 6.45) is 2.02. The van der Waals surface area contributed by atoms with Crippen LogP contribution in [0.3, 0.4) is 0 Å². The Morgan fingerprint density at radius 3 is 1.96 bits per heavy atom. The first-order valence-corrected chi connectivity index (χ1v) is 10.3. The Morgan fingerprint density at radius 1 is 0.607 bits per heavy atom. The van der Waals surface area contributed by atoms with Gasteiger partial charge in [0.25, 0.3) is 0 Å². The zero-order valence-electron chi connectivity index (χ0n) is 15.5. The Hall–Kier alpha value is -3.36. The third-order valence-corrected chi connectivity index (χ3v) is 5.84. The van der Waals surface area contributed by atoms with Crippen LogP contribution in [-0.4, -0.2) is 9.52 Å². The summed E-state index contributed by atoms with van der Waals surface area (Å²) < 4.78 is 0. The van der Waals surface area contributed by atoms with E-state index in [1.807, 2.05) is 24.3 Å². The van der Waals surface area contributed by atoms with E-state index in [0.717, 1.165) is 16.8 Å². The predicted octanol–water partition coefficient (Wildman–Crippen LogP) is 4.47. The quantitative estimate of drug-likeness (QED) is 0.404. The van der Waals surface area contributed by atoms with E-state index in [1.54, 1.807) is 0 Å². The molecule has 0 heterocycles. The van der Waals surface area contributed by atoms with E-state index < -0.39 is 0 Å². The lowest BCUT2D eigenvalue weighted by Gasteiger charge is -2.08. The second-order valence-electron chi connectivity index (χ2n) is 6.66. The molecule has 0 unspecified atom stereocenters. The lowest BCUT2D eigenvalue weighted by atomic mass is 10.0. The fourth-order valence-corrected chi connectivity index (χ4v) is 4.15. The van der Waals surface area contributed by atoms with Gasteiger partial charge in [-0.05, 0) is 34.4 Å². The maximum absolute atomic E-state index is 6.35. The zero-order valence-corrected chi connectivity index (χ0v) is 16.5. The second-order valence-corrected chi connectivity index (χ2v) is 8.06. The van der Waals surface area contributed by atoms with Crippen LogP contribution >= 0.6 is 0 Å². The monoisotopic (exact) mass is 375 g/mol. The van der Waals surface area contributed by atoms with Crippen LogP contribution in [-0.2, 0) is 0 Å². The Kier molecular flexibility index (Phi) is 5.50. The minimum atomic E-state index is 0.679. The van der Waals surface area contributed by atoms with Crippen LogP contribution in [0, 0.1) is 0 Å². The van der Waals surface area contributed by atoms with Crippen molar-refractivity contribution in [3.63, 3.8) is 0 Å². The summed E-state index contributed by atoms with van der Waals surface area (Å²) in [6.45, 7) is 0. The molecular weight excluding hydrogens is 354 g/mol. The van der Waals surface area contributed by atoms with E-state index >= 15 is 0 Å². The predicted molar refractivity (Wildman–Crippen MR) is 122 cm³/mol. The van der Waals surface area contributed by atoms with E-state index in [0.29, 0.717) is 9.52 Å². The molecule has 28 heavy (non-hydrogen) atoms. The zero-order chi connectivity index (χ0) is 19.2. The highest BCUT2D eigenvalue weighted by atomic mass is 28.2. The summed E-state index contributed by atoms with van der Waals surface area (Å²) in [6, 6.07) is 38.0. The normalized spacial score (nSPS) is 11.4. The number of benzene rings is 4. The Bertz CT molecular complexity index is 1070. The van der Waals surface area contributed by atoms with Gasteiger partial charge in [0, 0.05) is 5.70 Å². The summed E-state index contributed by atoms with van der Waals surface area (Å²) in [7, 11) is 0.679. The lowest BCUT2D eigenvalue weighted by Crippen LogP contribution is -2.26. The van der Waals surface area contributed by atoms with E-state index in [9.17, 15) is 0 Å². The van der Waals surface area contributed by atoms with Crippen LogP contribution in [0.2, 0.25) is 0 Å². The molecule has 0 aromatic heterocycles. The summed E-state index contributed by atoms with van der Waals surface area (Å²) in [5, 5.41) is 2.70. The van der Waals surface area contributed by atoms with Gasteiger partial charge in [0.1, 0.15) is 9.52 Å². The second kappa shape index (κ2) is 8.55. The molecule has 134 valence electrons. The standard InChI is InChI=1S/C26H21NSi/c27-26(18-20-8-3-1-4-9-20)23-11-7-10-22(19-23)21-14-16-25(17-15-21)28-24-12-5-2-6-13-24/h1-19H,27H2/b26-18+. The molecule has 0 aliphatic heterocycles. The minimum absolute atomic E-state index is 0.679. The van der Waals surface area contributed by atoms with E-state index in [-0.39, 0.29) is 0 Å². The molecule has 1 nitrogen and oxygen atoms in total. The van der Waals surface area contributed by atoms with Crippen molar-refractivity contribution in [1.29, 1.82) is 0 Å². The minimum Gasteiger partial charge on any atom is -0.398 e. The van der Waals surface area contributed by atoms with Gasteiger partial charge in [0.05, 0.1) is 0 Å². The van der Waals surface area contributed by atoms with E-state index in [2.05, 4.69) is 91.0 Å². The fourth-order valence-electron chi connectivity index (χ4n) is 3.12. The number of nitrogens with two attached hydrogens (primary N) is 1. The average Bonchev–Trinajstić information content (AvgIpc) is 2.76. The van der Waals surface area contributed by atoms with Crippen molar-refractivity contribution in [2.75, 3.05) is 0 Å². The van der Waals surface area contributed by atoms with E-state index in [1.165, 1.54) is 21.5 Å². The Labute approximate surface area is 169 Å². The third-order valence-electron chi connectivity index (χ3n) is 4.60. The summed E-state index contributed by atoms with van der Waals surface area (Å²) in [5.41, 5.74) is 11.6. The van der Waals surface area contributed by atoms with Gasteiger partial charge in [-0.15, -0.1) is 0 Å². The Balaban J connectivity index is 1.55. The first-order chi connectivity index (χ1) is 13.8. The number of hydrogen-bond donors (Lipinski definition) is 1. The maximum atomic E-state index is 6.35. The molecule has 0 fully saturated rings. The van der Waals surface area contributed by atoms with Crippen molar-refractivity contribution >= 4 is 31.7 Å². The molecule has 0 aliphatic rings. The van der Waals surface area contributed by atoms with Crippen LogP contribution in [0.4, 0.5) is 0 Å². The fraction of sp³-hybridized carbons (Fsp3) is 0. The molecule has 2 N–H and O–H groups in total. The molecule has 0 saturated heterocycles. The highest BCUT2D eigenvalue weighted by Gasteiger charge is 2.03. The molecule has 2 radical (unpaired) electrons. The summed E-state index contributed by atoms with van der Waals surface area (Å²) in [4.78, 5) is 0. The average molecular weight is 376 g/mol. The van der Waals surface area contributed by atoms with Crippen LogP contribution in [0.15, 0.2) is 109 Å². The van der Waals surface area contributed by atoms with Crippen LogP contribution in [0.5, 0.6) is 0 Å². The number of hydrogen-bond acceptors (Lipinski definition) is 1. The third kappa shape index (κ3) is 4.48. The lowest BCUT2D eigenvalue weighted by molar-refractivity contribution is 1.52. The highest BCUT2D eigenvalue weighted by Crippen LogP contribution is 2.22. The first kappa shape index (κ1) is 18.0. The first-order valence-electron chi connectivity index (χ1n) is 9.33. The van der Waals surface area contributed by atoms with Crippen molar-refractivity contribution in [3.8, 4) is 11.1 Å². The van der Waals surface area contributed by atoms with Gasteiger partial charge in [0.15, 0.2) is 0 Å². The van der Waals surface area contributed by atoms with Gasteiger partial charge >= 0.3 is 0 Å². The molecule has 0 bridgehead atoms. The van der Waals surface area contributed by atoms with Gasteiger partial charge in [-0.2, -0.15) is 0 Å². The van der Waals surface area contributed by atoms with E-state index in [4.69, 9.17) is 5.73 Å². The maximum Gasteiger partial charge on any atom is 0.121 e. The van der Waals surface area contributed by atoms with Crippen molar-refractivity contribution in [2.45, 2.75) is 0 Å². The molecule has 0 aliphatic carbocycles. The van der Waals surface area contributed by atoms with Gasteiger partial charge in [-0.1, -0.05) is 114 Å². The summed E-state index contributed by atoms with van der Waals surface area (Å²) >= 11 is 0. The van der Waals surface area contributed by atoms with Crippen molar-refractivity contribution in [3.05, 3.63) is 120 Å². The Morgan fingerprint density at radius 2 is 1.25 bits per heavy atom. The topological polar surface area (TPSA) is 26.0 Å².